The van der Waals surface area contributed by atoms with Crippen LogP contribution < -0.4 is 0 Å². The van der Waals surface area contributed by atoms with Crippen LogP contribution in [-0.2, 0) is 0 Å². The van der Waals surface area contributed by atoms with Gasteiger partial charge in [-0.05, 0) is 12.8 Å². The molecule has 1 fully saturated rings. The lowest BCUT2D eigenvalue weighted by molar-refractivity contribution is 0.188. The summed E-state index contributed by atoms with van der Waals surface area (Å²) >= 11 is 6.90. The summed E-state index contributed by atoms with van der Waals surface area (Å²) in [7, 11) is 0. The van der Waals surface area contributed by atoms with E-state index in [-0.39, 0.29) is 0 Å². The van der Waals surface area contributed by atoms with Crippen molar-refractivity contribution in [2.45, 2.75) is 38.1 Å². The lowest BCUT2D eigenvalue weighted by Crippen LogP contribution is -2.38. The van der Waals surface area contributed by atoms with Crippen LogP contribution in [0.2, 0.25) is 0 Å². The Morgan fingerprint density at radius 3 is 1.87 bits per heavy atom. The molecule has 0 amide bonds. The standard InChI is InChI=1S/C12H19Br2N/c1-10(13)8-15(9-11(2)14)12-6-4-3-5-7-12/h12H,1-9H2. The van der Waals surface area contributed by atoms with Crippen molar-refractivity contribution in [1.82, 2.24) is 4.90 Å². The second kappa shape index (κ2) is 6.87. The second-order valence-corrected chi connectivity index (χ2v) is 6.47. The van der Waals surface area contributed by atoms with Gasteiger partial charge < -0.3 is 0 Å². The van der Waals surface area contributed by atoms with E-state index in [4.69, 9.17) is 0 Å². The monoisotopic (exact) mass is 335 g/mol. The predicted octanol–water partition coefficient (Wildman–Crippen LogP) is 4.44. The van der Waals surface area contributed by atoms with E-state index in [2.05, 4.69) is 49.9 Å². The first-order valence-corrected chi connectivity index (χ1v) is 7.09. The minimum atomic E-state index is 0.711. The molecule has 0 N–H and O–H groups in total. The van der Waals surface area contributed by atoms with Crippen molar-refractivity contribution >= 4 is 31.9 Å². The Kier molecular flexibility index (Phi) is 6.17. The van der Waals surface area contributed by atoms with Crippen LogP contribution in [0.3, 0.4) is 0 Å². The Balaban J connectivity index is 2.52. The van der Waals surface area contributed by atoms with Crippen LogP contribution in [0, 0.1) is 0 Å². The Hall–Kier alpha value is 0.400. The third-order valence-corrected chi connectivity index (χ3v) is 3.34. The van der Waals surface area contributed by atoms with Crippen molar-refractivity contribution in [2.75, 3.05) is 13.1 Å². The van der Waals surface area contributed by atoms with Crippen LogP contribution in [0.1, 0.15) is 32.1 Å². The highest BCUT2D eigenvalue weighted by atomic mass is 79.9. The number of hydrogen-bond donors (Lipinski definition) is 0. The summed E-state index contributed by atoms with van der Waals surface area (Å²) in [6, 6.07) is 0.711. The van der Waals surface area contributed by atoms with Gasteiger partial charge >= 0.3 is 0 Å². The lowest BCUT2D eigenvalue weighted by atomic mass is 9.94. The van der Waals surface area contributed by atoms with E-state index < -0.39 is 0 Å². The number of nitrogens with zero attached hydrogens (tertiary/aromatic N) is 1. The first-order chi connectivity index (χ1) is 7.09. The zero-order chi connectivity index (χ0) is 11.3. The highest BCUT2D eigenvalue weighted by Crippen LogP contribution is 2.25. The van der Waals surface area contributed by atoms with Crippen molar-refractivity contribution in [3.8, 4) is 0 Å². The molecule has 0 aromatic heterocycles. The average Bonchev–Trinajstić information content (AvgIpc) is 2.17. The topological polar surface area (TPSA) is 3.24 Å². The molecule has 0 aliphatic heterocycles. The molecule has 1 saturated carbocycles. The number of rotatable bonds is 5. The van der Waals surface area contributed by atoms with Gasteiger partial charge in [-0.3, -0.25) is 4.90 Å². The second-order valence-electron chi connectivity index (χ2n) is 4.23. The fourth-order valence-electron chi connectivity index (χ4n) is 2.20. The van der Waals surface area contributed by atoms with Crippen LogP contribution in [0.5, 0.6) is 0 Å². The van der Waals surface area contributed by atoms with Gasteiger partial charge in [0.05, 0.1) is 0 Å². The van der Waals surface area contributed by atoms with Crippen LogP contribution in [0.25, 0.3) is 0 Å². The van der Waals surface area contributed by atoms with Gasteiger partial charge in [-0.15, -0.1) is 0 Å². The van der Waals surface area contributed by atoms with E-state index >= 15 is 0 Å². The SMILES string of the molecule is C=C(Br)CN(CC(=C)Br)C1CCCCC1. The molecule has 86 valence electrons. The van der Waals surface area contributed by atoms with Crippen molar-refractivity contribution in [3.05, 3.63) is 22.1 Å². The third kappa shape index (κ3) is 5.32. The van der Waals surface area contributed by atoms with E-state index in [1.807, 2.05) is 0 Å². The fraction of sp³-hybridized carbons (Fsp3) is 0.667. The van der Waals surface area contributed by atoms with E-state index in [1.165, 1.54) is 32.1 Å². The van der Waals surface area contributed by atoms with Crippen molar-refractivity contribution in [3.63, 3.8) is 0 Å². The van der Waals surface area contributed by atoms with Gasteiger partial charge in [-0.25, -0.2) is 0 Å². The highest BCUT2D eigenvalue weighted by Gasteiger charge is 2.21. The molecule has 0 bridgehead atoms. The molecular weight excluding hydrogens is 318 g/mol. The van der Waals surface area contributed by atoms with Crippen molar-refractivity contribution in [2.24, 2.45) is 0 Å². The summed E-state index contributed by atoms with van der Waals surface area (Å²) in [5.41, 5.74) is 0. The van der Waals surface area contributed by atoms with Gasteiger partial charge in [0.25, 0.3) is 0 Å². The van der Waals surface area contributed by atoms with Gasteiger partial charge in [0.15, 0.2) is 0 Å². The third-order valence-electron chi connectivity index (χ3n) is 2.84. The van der Waals surface area contributed by atoms with E-state index in [0.29, 0.717) is 6.04 Å². The number of halogens is 2. The van der Waals surface area contributed by atoms with E-state index in [9.17, 15) is 0 Å². The molecule has 0 heterocycles. The molecule has 0 atom stereocenters. The molecule has 0 aromatic carbocycles. The summed E-state index contributed by atoms with van der Waals surface area (Å²) in [5.74, 6) is 0. The maximum Gasteiger partial charge on any atom is 0.0300 e. The van der Waals surface area contributed by atoms with Crippen LogP contribution in [-0.4, -0.2) is 24.0 Å². The molecule has 0 unspecified atom stereocenters. The highest BCUT2D eigenvalue weighted by molar-refractivity contribution is 9.12. The summed E-state index contributed by atoms with van der Waals surface area (Å²) < 4.78 is 2.11. The minimum absolute atomic E-state index is 0.711. The quantitative estimate of drug-likeness (QED) is 0.717. The number of hydrogen-bond acceptors (Lipinski definition) is 1. The summed E-state index contributed by atoms with van der Waals surface area (Å²) in [6.07, 6.45) is 6.77. The molecule has 1 rings (SSSR count). The van der Waals surface area contributed by atoms with Crippen LogP contribution in [0.15, 0.2) is 22.1 Å². The Bertz CT molecular complexity index is 216. The van der Waals surface area contributed by atoms with Crippen molar-refractivity contribution in [1.29, 1.82) is 0 Å². The maximum atomic E-state index is 3.93. The summed E-state index contributed by atoms with van der Waals surface area (Å²) in [6.45, 7) is 9.71. The molecule has 1 aliphatic rings. The summed E-state index contributed by atoms with van der Waals surface area (Å²) in [5, 5.41) is 0. The molecule has 0 saturated heterocycles. The zero-order valence-electron chi connectivity index (χ0n) is 9.14. The van der Waals surface area contributed by atoms with Crippen LogP contribution in [0.4, 0.5) is 0 Å². The van der Waals surface area contributed by atoms with E-state index in [0.717, 1.165) is 22.1 Å². The van der Waals surface area contributed by atoms with E-state index in [1.54, 1.807) is 0 Å². The van der Waals surface area contributed by atoms with Crippen molar-refractivity contribution < 1.29 is 0 Å². The molecule has 0 spiro atoms. The molecule has 0 aromatic rings. The first kappa shape index (κ1) is 13.5. The molecule has 0 radical (unpaired) electrons. The van der Waals surface area contributed by atoms with Gasteiger partial charge in [-0.2, -0.15) is 0 Å². The molecular formula is C12H19Br2N. The van der Waals surface area contributed by atoms with Gasteiger partial charge in [0, 0.05) is 28.1 Å². The average molecular weight is 337 g/mol. The molecule has 15 heavy (non-hydrogen) atoms. The van der Waals surface area contributed by atoms with Gasteiger partial charge in [0.2, 0.25) is 0 Å². The largest absolute Gasteiger partial charge is 0.291 e. The smallest absolute Gasteiger partial charge is 0.0300 e. The Labute approximate surface area is 110 Å². The Morgan fingerprint density at radius 1 is 1.00 bits per heavy atom. The minimum Gasteiger partial charge on any atom is -0.291 e. The lowest BCUT2D eigenvalue weighted by Gasteiger charge is -2.34. The molecule has 3 heteroatoms. The van der Waals surface area contributed by atoms with Gasteiger partial charge in [-0.1, -0.05) is 64.3 Å². The predicted molar refractivity (Wildman–Crippen MR) is 74.6 cm³/mol. The normalized spacial score (nSPS) is 18.1. The fourth-order valence-corrected chi connectivity index (χ4v) is 2.85. The Morgan fingerprint density at radius 2 is 1.47 bits per heavy atom. The zero-order valence-corrected chi connectivity index (χ0v) is 12.3. The molecule has 1 aliphatic carbocycles. The molecule has 1 nitrogen and oxygen atoms in total. The van der Waals surface area contributed by atoms with Crippen LogP contribution >= 0.6 is 31.9 Å². The van der Waals surface area contributed by atoms with Gasteiger partial charge in [0.1, 0.15) is 0 Å². The summed E-state index contributed by atoms with van der Waals surface area (Å²) in [4.78, 5) is 2.47. The maximum absolute atomic E-state index is 3.93. The first-order valence-electron chi connectivity index (χ1n) is 5.50.